The Balaban J connectivity index is 1.47. The van der Waals surface area contributed by atoms with Crippen molar-refractivity contribution < 1.29 is 9.53 Å². The van der Waals surface area contributed by atoms with Crippen LogP contribution in [0.2, 0.25) is 0 Å². The normalized spacial score (nSPS) is 22.4. The molecule has 0 aromatic heterocycles. The maximum absolute atomic E-state index is 13.1. The molecule has 2 aliphatic rings. The lowest BCUT2D eigenvalue weighted by molar-refractivity contribution is -0.137. The van der Waals surface area contributed by atoms with Crippen molar-refractivity contribution in [2.24, 2.45) is 5.41 Å². The maximum atomic E-state index is 13.1. The quantitative estimate of drug-likeness (QED) is 0.832. The van der Waals surface area contributed by atoms with E-state index in [1.807, 2.05) is 30.1 Å². The van der Waals surface area contributed by atoms with E-state index in [9.17, 15) is 4.79 Å². The van der Waals surface area contributed by atoms with Gasteiger partial charge in [0.15, 0.2) is 0 Å². The Labute approximate surface area is 161 Å². The number of piperidine rings is 1. The van der Waals surface area contributed by atoms with Gasteiger partial charge in [0, 0.05) is 26.1 Å². The smallest absolute Gasteiger partial charge is 0.229 e. The molecule has 1 atom stereocenters. The number of amides is 1. The van der Waals surface area contributed by atoms with Gasteiger partial charge in [0.1, 0.15) is 5.75 Å². The lowest BCUT2D eigenvalue weighted by atomic mass is 9.68. The van der Waals surface area contributed by atoms with Crippen molar-refractivity contribution in [3.63, 3.8) is 0 Å². The fourth-order valence-electron chi connectivity index (χ4n) is 4.83. The number of methoxy groups -OCH3 is 1. The van der Waals surface area contributed by atoms with Crippen LogP contribution in [0.4, 0.5) is 0 Å². The third-order valence-electron chi connectivity index (χ3n) is 6.41. The third kappa shape index (κ3) is 3.34. The van der Waals surface area contributed by atoms with Crippen LogP contribution in [0, 0.1) is 5.41 Å². The molecule has 2 heterocycles. The molecule has 4 rings (SSSR count). The molecular weight excluding hydrogens is 336 g/mol. The number of likely N-dealkylation sites (N-methyl/N-ethyl adjacent to an activating group) is 1. The van der Waals surface area contributed by atoms with E-state index in [1.165, 1.54) is 11.1 Å². The summed E-state index contributed by atoms with van der Waals surface area (Å²) in [7, 11) is 3.65. The minimum Gasteiger partial charge on any atom is -0.497 e. The van der Waals surface area contributed by atoms with E-state index in [4.69, 9.17) is 4.74 Å². The molecule has 0 N–H and O–H groups in total. The fraction of sp³-hybridized carbons (Fsp3) is 0.435. The molecule has 1 amide bonds. The molecule has 142 valence electrons. The predicted molar refractivity (Wildman–Crippen MR) is 107 cm³/mol. The summed E-state index contributed by atoms with van der Waals surface area (Å²) in [4.78, 5) is 17.5. The molecule has 0 unspecified atom stereocenters. The van der Waals surface area contributed by atoms with Crippen LogP contribution in [0.5, 0.6) is 5.75 Å². The number of nitrogens with zero attached hydrogens (tertiary/aromatic N) is 2. The Bertz CT molecular complexity index is 780. The lowest BCUT2D eigenvalue weighted by Crippen LogP contribution is -2.45. The van der Waals surface area contributed by atoms with E-state index in [-0.39, 0.29) is 5.41 Å². The van der Waals surface area contributed by atoms with E-state index in [1.54, 1.807) is 7.11 Å². The van der Waals surface area contributed by atoms with Crippen molar-refractivity contribution in [3.8, 4) is 5.75 Å². The number of likely N-dealkylation sites (tertiary alicyclic amines) is 2. The van der Waals surface area contributed by atoms with Crippen LogP contribution in [-0.2, 0) is 11.3 Å². The molecule has 4 nitrogen and oxygen atoms in total. The number of hydrogen-bond acceptors (Lipinski definition) is 3. The molecule has 2 aliphatic heterocycles. The zero-order valence-corrected chi connectivity index (χ0v) is 16.2. The standard InChI is InChI=1S/C23H28N2O2/c1-24-17-21(19-6-4-3-5-7-19)23(22(24)26)12-14-25(15-13-23)16-18-8-10-20(27-2)11-9-18/h3-11,21H,12-17H2,1-2H3/t21-/m0/s1. The summed E-state index contributed by atoms with van der Waals surface area (Å²) in [5.41, 5.74) is 2.37. The van der Waals surface area contributed by atoms with Gasteiger partial charge < -0.3 is 9.64 Å². The van der Waals surface area contributed by atoms with Crippen LogP contribution in [0.3, 0.4) is 0 Å². The summed E-state index contributed by atoms with van der Waals surface area (Å²) in [6.07, 6.45) is 1.87. The molecule has 2 saturated heterocycles. The van der Waals surface area contributed by atoms with Crippen LogP contribution in [0.15, 0.2) is 54.6 Å². The van der Waals surface area contributed by atoms with Crippen LogP contribution in [-0.4, -0.2) is 49.5 Å². The van der Waals surface area contributed by atoms with Gasteiger partial charge in [-0.3, -0.25) is 9.69 Å². The van der Waals surface area contributed by atoms with Gasteiger partial charge in [0.05, 0.1) is 12.5 Å². The van der Waals surface area contributed by atoms with Gasteiger partial charge in [-0.2, -0.15) is 0 Å². The Kier molecular flexibility index (Phi) is 4.92. The van der Waals surface area contributed by atoms with Gasteiger partial charge >= 0.3 is 0 Å². The summed E-state index contributed by atoms with van der Waals surface area (Å²) in [6, 6.07) is 18.9. The Morgan fingerprint density at radius 2 is 1.70 bits per heavy atom. The first kappa shape index (κ1) is 18.1. The predicted octanol–water partition coefficient (Wildman–Crippen LogP) is 3.53. The van der Waals surface area contributed by atoms with Gasteiger partial charge in [0.2, 0.25) is 5.91 Å². The lowest BCUT2D eigenvalue weighted by Gasteiger charge is -2.41. The highest BCUT2D eigenvalue weighted by atomic mass is 16.5. The molecule has 0 aliphatic carbocycles. The van der Waals surface area contributed by atoms with E-state index < -0.39 is 0 Å². The second-order valence-electron chi connectivity index (χ2n) is 7.93. The minimum atomic E-state index is -0.230. The number of carbonyl (C=O) groups is 1. The molecule has 2 fully saturated rings. The monoisotopic (exact) mass is 364 g/mol. The number of hydrogen-bond donors (Lipinski definition) is 0. The van der Waals surface area contributed by atoms with Crippen molar-refractivity contribution in [1.82, 2.24) is 9.80 Å². The van der Waals surface area contributed by atoms with Crippen molar-refractivity contribution >= 4 is 5.91 Å². The van der Waals surface area contributed by atoms with Crippen LogP contribution < -0.4 is 4.74 Å². The topological polar surface area (TPSA) is 32.8 Å². The van der Waals surface area contributed by atoms with Gasteiger partial charge in [-0.1, -0.05) is 42.5 Å². The summed E-state index contributed by atoms with van der Waals surface area (Å²) >= 11 is 0. The summed E-state index contributed by atoms with van der Waals surface area (Å²) in [5, 5.41) is 0. The van der Waals surface area contributed by atoms with Gasteiger partial charge in [-0.15, -0.1) is 0 Å². The molecular formula is C23H28N2O2. The number of benzene rings is 2. The first-order valence-electron chi connectivity index (χ1n) is 9.78. The largest absolute Gasteiger partial charge is 0.497 e. The minimum absolute atomic E-state index is 0.230. The molecule has 2 aromatic rings. The number of rotatable bonds is 4. The fourth-order valence-corrected chi connectivity index (χ4v) is 4.83. The van der Waals surface area contributed by atoms with Gasteiger partial charge in [0.25, 0.3) is 0 Å². The second-order valence-corrected chi connectivity index (χ2v) is 7.93. The summed E-state index contributed by atoms with van der Waals surface area (Å²) < 4.78 is 5.24. The maximum Gasteiger partial charge on any atom is 0.229 e. The van der Waals surface area contributed by atoms with E-state index >= 15 is 0 Å². The third-order valence-corrected chi connectivity index (χ3v) is 6.41. The Hall–Kier alpha value is -2.33. The molecule has 2 aromatic carbocycles. The molecule has 0 saturated carbocycles. The van der Waals surface area contributed by atoms with Crippen molar-refractivity contribution in [2.45, 2.75) is 25.3 Å². The molecule has 1 spiro atoms. The van der Waals surface area contributed by atoms with Gasteiger partial charge in [-0.25, -0.2) is 0 Å². The van der Waals surface area contributed by atoms with Crippen LogP contribution in [0.25, 0.3) is 0 Å². The van der Waals surface area contributed by atoms with Crippen molar-refractivity contribution in [1.29, 1.82) is 0 Å². The SMILES string of the molecule is COc1ccc(CN2CCC3(CC2)C(=O)N(C)C[C@H]3c2ccccc2)cc1. The number of ether oxygens (including phenoxy) is 1. The first-order valence-corrected chi connectivity index (χ1v) is 9.78. The zero-order chi connectivity index (χ0) is 18.9. The zero-order valence-electron chi connectivity index (χ0n) is 16.2. The number of carbonyl (C=O) groups excluding carboxylic acids is 1. The van der Waals surface area contributed by atoms with Gasteiger partial charge in [-0.05, 0) is 49.2 Å². The first-order chi connectivity index (χ1) is 13.1. The molecule has 27 heavy (non-hydrogen) atoms. The summed E-state index contributed by atoms with van der Waals surface area (Å²) in [5.74, 6) is 1.53. The van der Waals surface area contributed by atoms with E-state index in [2.05, 4.69) is 41.3 Å². The highest BCUT2D eigenvalue weighted by Crippen LogP contribution is 2.50. The second kappa shape index (κ2) is 7.35. The van der Waals surface area contributed by atoms with E-state index in [0.717, 1.165) is 44.8 Å². The van der Waals surface area contributed by atoms with E-state index in [0.29, 0.717) is 11.8 Å². The highest BCUT2D eigenvalue weighted by molar-refractivity contribution is 5.86. The Morgan fingerprint density at radius 3 is 2.33 bits per heavy atom. The van der Waals surface area contributed by atoms with Crippen LogP contribution >= 0.6 is 0 Å². The van der Waals surface area contributed by atoms with Crippen molar-refractivity contribution in [3.05, 3.63) is 65.7 Å². The van der Waals surface area contributed by atoms with Crippen LogP contribution in [0.1, 0.15) is 29.9 Å². The Morgan fingerprint density at radius 1 is 1.04 bits per heavy atom. The molecule has 0 radical (unpaired) electrons. The molecule has 4 heteroatoms. The average molecular weight is 364 g/mol. The van der Waals surface area contributed by atoms with Crippen molar-refractivity contribution in [2.75, 3.05) is 33.8 Å². The molecule has 0 bridgehead atoms. The highest BCUT2D eigenvalue weighted by Gasteiger charge is 2.54. The summed E-state index contributed by atoms with van der Waals surface area (Å²) in [6.45, 7) is 3.70. The average Bonchev–Trinajstić information content (AvgIpc) is 2.96.